The Morgan fingerprint density at radius 2 is 1.81 bits per heavy atom. The molecule has 7 nitrogen and oxygen atoms in total. The first-order valence-electron chi connectivity index (χ1n) is 10.3. The van der Waals surface area contributed by atoms with Gasteiger partial charge in [-0.15, -0.1) is 0 Å². The van der Waals surface area contributed by atoms with E-state index in [1.54, 1.807) is 24.1 Å². The number of nitrogens with zero attached hydrogens (tertiary/aromatic N) is 2. The monoisotopic (exact) mass is 446 g/mol. The van der Waals surface area contributed by atoms with Gasteiger partial charge in [-0.25, -0.2) is 8.42 Å². The van der Waals surface area contributed by atoms with E-state index in [1.807, 2.05) is 32.0 Å². The molecular weight excluding hydrogens is 416 g/mol. The highest BCUT2D eigenvalue weighted by molar-refractivity contribution is 7.89. The molecule has 1 heterocycles. The molecule has 0 radical (unpaired) electrons. The van der Waals surface area contributed by atoms with Crippen molar-refractivity contribution in [2.45, 2.75) is 31.6 Å². The minimum absolute atomic E-state index is 0.0463. The van der Waals surface area contributed by atoms with Crippen LogP contribution in [0.25, 0.3) is 0 Å². The molecule has 0 bridgehead atoms. The lowest BCUT2D eigenvalue weighted by Gasteiger charge is -2.33. The maximum Gasteiger partial charge on any atom is 0.246 e. The quantitative estimate of drug-likeness (QED) is 0.680. The molecule has 3 rings (SSSR count). The molecule has 0 saturated carbocycles. The van der Waals surface area contributed by atoms with Gasteiger partial charge in [-0.05, 0) is 62.1 Å². The lowest BCUT2D eigenvalue weighted by molar-refractivity contribution is -0.123. The number of ether oxygens (including phenoxy) is 2. The topological polar surface area (TPSA) is 76.1 Å². The maximum absolute atomic E-state index is 13.4. The van der Waals surface area contributed by atoms with Gasteiger partial charge in [-0.3, -0.25) is 4.79 Å². The molecule has 1 atom stereocenters. The zero-order chi connectivity index (χ0) is 22.8. The van der Waals surface area contributed by atoms with Crippen LogP contribution in [-0.2, 0) is 14.8 Å². The highest BCUT2D eigenvalue weighted by Gasteiger charge is 2.36. The molecule has 168 valence electrons. The van der Waals surface area contributed by atoms with Crippen molar-refractivity contribution in [3.63, 3.8) is 0 Å². The summed E-state index contributed by atoms with van der Waals surface area (Å²) in [5.41, 5.74) is 3.07. The molecule has 8 heteroatoms. The molecule has 31 heavy (non-hydrogen) atoms. The van der Waals surface area contributed by atoms with Gasteiger partial charge in [0.05, 0.1) is 20.1 Å². The first kappa shape index (κ1) is 23.1. The molecule has 0 spiro atoms. The Labute approximate surface area is 184 Å². The van der Waals surface area contributed by atoms with Crippen LogP contribution >= 0.6 is 0 Å². The fraction of sp³-hybridized carbons (Fsp3) is 0.435. The highest BCUT2D eigenvalue weighted by Crippen LogP contribution is 2.33. The van der Waals surface area contributed by atoms with Gasteiger partial charge in [0, 0.05) is 31.9 Å². The molecule has 1 saturated heterocycles. The number of hydrogen-bond acceptors (Lipinski definition) is 5. The minimum Gasteiger partial charge on any atom is -0.497 e. The molecular formula is C23H30N2O5S. The third kappa shape index (κ3) is 4.70. The Balaban J connectivity index is 1.84. The van der Waals surface area contributed by atoms with Gasteiger partial charge in [0.25, 0.3) is 0 Å². The molecule has 1 aliphatic rings. The Hall–Kier alpha value is -2.58. The van der Waals surface area contributed by atoms with Crippen LogP contribution in [0.1, 0.15) is 24.0 Å². The van der Waals surface area contributed by atoms with E-state index in [0.29, 0.717) is 25.1 Å². The van der Waals surface area contributed by atoms with Crippen LogP contribution in [0.4, 0.5) is 5.69 Å². The lowest BCUT2D eigenvalue weighted by atomic mass is 9.98. The molecule has 1 aliphatic heterocycles. The zero-order valence-electron chi connectivity index (χ0n) is 18.7. The predicted molar refractivity (Wildman–Crippen MR) is 120 cm³/mol. The number of carbonyl (C=O) groups excluding carboxylic acids is 1. The number of anilines is 1. The second-order valence-electron chi connectivity index (χ2n) is 7.88. The Bertz CT molecular complexity index is 1070. The third-order valence-corrected chi connectivity index (χ3v) is 7.82. The van der Waals surface area contributed by atoms with Crippen molar-refractivity contribution in [3.8, 4) is 11.5 Å². The van der Waals surface area contributed by atoms with Crippen molar-refractivity contribution >= 4 is 21.6 Å². The zero-order valence-corrected chi connectivity index (χ0v) is 19.5. The standard InChI is InChI=1S/C23H30N2O5S/c1-16-8-9-19(13-17(16)2)24(3)23(26)18-7-6-12-25(15-18)31(27,28)22-14-20(29-4)10-11-21(22)30-5/h8-11,13-14,18H,6-7,12,15H2,1-5H3/t18-/m1/s1. The van der Waals surface area contributed by atoms with E-state index >= 15 is 0 Å². The summed E-state index contributed by atoms with van der Waals surface area (Å²) < 4.78 is 38.6. The largest absolute Gasteiger partial charge is 0.497 e. The smallest absolute Gasteiger partial charge is 0.246 e. The van der Waals surface area contributed by atoms with Crippen molar-refractivity contribution in [3.05, 3.63) is 47.5 Å². The maximum atomic E-state index is 13.4. The number of sulfonamides is 1. The first-order chi connectivity index (χ1) is 14.7. The van der Waals surface area contributed by atoms with Crippen LogP contribution < -0.4 is 14.4 Å². The van der Waals surface area contributed by atoms with Crippen LogP contribution in [0.5, 0.6) is 11.5 Å². The summed E-state index contributed by atoms with van der Waals surface area (Å²) in [5.74, 6) is 0.187. The number of carbonyl (C=O) groups is 1. The van der Waals surface area contributed by atoms with E-state index in [0.717, 1.165) is 16.8 Å². The number of piperidine rings is 1. The van der Waals surface area contributed by atoms with Gasteiger partial charge >= 0.3 is 0 Å². The Morgan fingerprint density at radius 1 is 1.06 bits per heavy atom. The third-order valence-electron chi connectivity index (χ3n) is 5.93. The van der Waals surface area contributed by atoms with E-state index in [4.69, 9.17) is 9.47 Å². The second-order valence-corrected chi connectivity index (χ2v) is 9.79. The van der Waals surface area contributed by atoms with E-state index in [1.165, 1.54) is 24.6 Å². The normalized spacial score (nSPS) is 17.3. The van der Waals surface area contributed by atoms with Crippen molar-refractivity contribution < 1.29 is 22.7 Å². The summed E-state index contributed by atoms with van der Waals surface area (Å²) in [7, 11) is 0.807. The van der Waals surface area contributed by atoms with Crippen molar-refractivity contribution in [2.24, 2.45) is 5.92 Å². The molecule has 1 amide bonds. The Kier molecular flexibility index (Phi) is 6.91. The summed E-state index contributed by atoms with van der Waals surface area (Å²) in [6.45, 7) is 4.53. The summed E-state index contributed by atoms with van der Waals surface area (Å²) in [6.07, 6.45) is 1.26. The van der Waals surface area contributed by atoms with Crippen molar-refractivity contribution in [1.82, 2.24) is 4.31 Å². The number of methoxy groups -OCH3 is 2. The number of hydrogen-bond donors (Lipinski definition) is 0. The summed E-state index contributed by atoms with van der Waals surface area (Å²) >= 11 is 0. The molecule has 2 aromatic carbocycles. The molecule has 1 fully saturated rings. The van der Waals surface area contributed by atoms with Crippen LogP contribution in [0, 0.1) is 19.8 Å². The highest BCUT2D eigenvalue weighted by atomic mass is 32.2. The number of aryl methyl sites for hydroxylation is 2. The lowest BCUT2D eigenvalue weighted by Crippen LogP contribution is -2.46. The molecule has 2 aromatic rings. The summed E-state index contributed by atoms with van der Waals surface area (Å²) in [5, 5.41) is 0. The number of amides is 1. The van der Waals surface area contributed by atoms with E-state index in [9.17, 15) is 13.2 Å². The predicted octanol–water partition coefficient (Wildman–Crippen LogP) is 3.38. The molecule has 0 aromatic heterocycles. The van der Waals surface area contributed by atoms with Gasteiger partial charge < -0.3 is 14.4 Å². The van der Waals surface area contributed by atoms with Gasteiger partial charge in [-0.2, -0.15) is 4.31 Å². The van der Waals surface area contributed by atoms with Gasteiger partial charge in [0.2, 0.25) is 15.9 Å². The fourth-order valence-electron chi connectivity index (χ4n) is 3.82. The van der Waals surface area contributed by atoms with Crippen LogP contribution in [0.15, 0.2) is 41.3 Å². The van der Waals surface area contributed by atoms with E-state index < -0.39 is 15.9 Å². The van der Waals surface area contributed by atoms with Crippen LogP contribution in [-0.4, -0.2) is 53.0 Å². The average molecular weight is 447 g/mol. The summed E-state index contributed by atoms with van der Waals surface area (Å²) in [6, 6.07) is 10.6. The van der Waals surface area contributed by atoms with Crippen LogP contribution in [0.2, 0.25) is 0 Å². The fourth-order valence-corrected chi connectivity index (χ4v) is 5.52. The molecule has 0 N–H and O–H groups in total. The second kappa shape index (κ2) is 9.28. The summed E-state index contributed by atoms with van der Waals surface area (Å²) in [4.78, 5) is 14.9. The first-order valence-corrected chi connectivity index (χ1v) is 11.7. The van der Waals surface area contributed by atoms with E-state index in [-0.39, 0.29) is 23.1 Å². The Morgan fingerprint density at radius 3 is 2.45 bits per heavy atom. The molecule has 0 aliphatic carbocycles. The minimum atomic E-state index is -3.85. The SMILES string of the molecule is COc1ccc(OC)c(S(=O)(=O)N2CCC[C@@H](C(=O)N(C)c3ccc(C)c(C)c3)C2)c1. The molecule has 0 unspecified atom stereocenters. The van der Waals surface area contributed by atoms with Gasteiger partial charge in [0.1, 0.15) is 16.4 Å². The van der Waals surface area contributed by atoms with Crippen molar-refractivity contribution in [1.29, 1.82) is 0 Å². The number of benzene rings is 2. The van der Waals surface area contributed by atoms with Crippen LogP contribution in [0.3, 0.4) is 0 Å². The van der Waals surface area contributed by atoms with E-state index in [2.05, 4.69) is 0 Å². The average Bonchev–Trinajstić information content (AvgIpc) is 2.79. The van der Waals surface area contributed by atoms with Crippen molar-refractivity contribution in [2.75, 3.05) is 39.3 Å². The van der Waals surface area contributed by atoms with Gasteiger partial charge in [-0.1, -0.05) is 6.07 Å². The number of rotatable bonds is 6. The van der Waals surface area contributed by atoms with Gasteiger partial charge in [0.15, 0.2) is 0 Å².